The van der Waals surface area contributed by atoms with Crippen LogP contribution in [0.1, 0.15) is 38.3 Å². The van der Waals surface area contributed by atoms with Gasteiger partial charge in [0.05, 0.1) is 38.3 Å². The molecule has 0 aliphatic carbocycles. The standard InChI is InChI=1S/C26H29FN2O6/c1-5-13-26(25(32)35-6-2)21-20(22(28-26)18-12-11-17(33-3)14-19(18)34-4)23(30)29(24(21)31)16-9-7-15(27)8-10-16/h7-12,14,20-22,28H,5-6,13H2,1-4H3/t20-,21-,22+,26-/m0/s1. The molecule has 2 aromatic rings. The number of ether oxygens (including phenoxy) is 3. The number of nitrogens with zero attached hydrogens (tertiary/aromatic N) is 1. The molecule has 9 heteroatoms. The number of rotatable bonds is 8. The molecule has 0 aromatic heterocycles. The van der Waals surface area contributed by atoms with Gasteiger partial charge < -0.3 is 14.2 Å². The Bertz CT molecular complexity index is 1140. The highest BCUT2D eigenvalue weighted by atomic mass is 19.1. The van der Waals surface area contributed by atoms with Gasteiger partial charge in [-0.2, -0.15) is 0 Å². The summed E-state index contributed by atoms with van der Waals surface area (Å²) in [5.41, 5.74) is -0.537. The molecule has 0 radical (unpaired) electrons. The van der Waals surface area contributed by atoms with E-state index >= 15 is 0 Å². The van der Waals surface area contributed by atoms with Crippen molar-refractivity contribution in [1.29, 1.82) is 0 Å². The average molecular weight is 485 g/mol. The zero-order valence-corrected chi connectivity index (χ0v) is 20.2. The van der Waals surface area contributed by atoms with Crippen LogP contribution in [0.5, 0.6) is 11.5 Å². The molecule has 2 saturated heterocycles. The van der Waals surface area contributed by atoms with E-state index in [0.717, 1.165) is 4.90 Å². The molecule has 0 spiro atoms. The summed E-state index contributed by atoms with van der Waals surface area (Å²) in [6.07, 6.45) is 0.859. The van der Waals surface area contributed by atoms with E-state index in [-0.39, 0.29) is 18.7 Å². The lowest BCUT2D eigenvalue weighted by Crippen LogP contribution is -2.56. The number of carbonyl (C=O) groups is 3. The van der Waals surface area contributed by atoms with Crippen LogP contribution in [0, 0.1) is 17.7 Å². The van der Waals surface area contributed by atoms with Crippen LogP contribution in [-0.4, -0.2) is 44.1 Å². The number of benzene rings is 2. The SMILES string of the molecule is CCC[C@]1(C(=O)OCC)N[C@H](c2ccc(OC)cc2OC)[C@H]2C(=O)N(c3ccc(F)cc3)C(=O)[C@H]21. The summed E-state index contributed by atoms with van der Waals surface area (Å²) < 4.78 is 29.9. The maximum atomic E-state index is 13.8. The number of fused-ring (bicyclic) bond motifs is 1. The predicted molar refractivity (Wildman–Crippen MR) is 126 cm³/mol. The lowest BCUT2D eigenvalue weighted by molar-refractivity contribution is -0.155. The van der Waals surface area contributed by atoms with Gasteiger partial charge in [0.1, 0.15) is 22.9 Å². The van der Waals surface area contributed by atoms with Gasteiger partial charge in [0.2, 0.25) is 11.8 Å². The minimum Gasteiger partial charge on any atom is -0.497 e. The lowest BCUT2D eigenvalue weighted by atomic mass is 9.77. The van der Waals surface area contributed by atoms with Gasteiger partial charge in [-0.25, -0.2) is 9.29 Å². The monoisotopic (exact) mass is 484 g/mol. The number of esters is 1. The normalized spacial score (nSPS) is 25.5. The van der Waals surface area contributed by atoms with Crippen molar-refractivity contribution >= 4 is 23.5 Å². The fourth-order valence-electron chi connectivity index (χ4n) is 5.36. The van der Waals surface area contributed by atoms with Crippen molar-refractivity contribution in [2.45, 2.75) is 38.3 Å². The number of anilines is 1. The molecular weight excluding hydrogens is 455 g/mol. The third-order valence-corrected chi connectivity index (χ3v) is 6.80. The van der Waals surface area contributed by atoms with Gasteiger partial charge in [0, 0.05) is 17.7 Å². The first-order chi connectivity index (χ1) is 16.8. The van der Waals surface area contributed by atoms with Crippen LogP contribution < -0.4 is 19.7 Å². The van der Waals surface area contributed by atoms with Gasteiger partial charge in [-0.05, 0) is 43.7 Å². The van der Waals surface area contributed by atoms with Crippen molar-refractivity contribution in [2.24, 2.45) is 11.8 Å². The highest BCUT2D eigenvalue weighted by Gasteiger charge is 2.68. The van der Waals surface area contributed by atoms with Crippen LogP contribution in [0.3, 0.4) is 0 Å². The van der Waals surface area contributed by atoms with Gasteiger partial charge in [-0.1, -0.05) is 19.4 Å². The Morgan fingerprint density at radius 2 is 1.77 bits per heavy atom. The molecule has 4 rings (SSSR count). The molecule has 2 fully saturated rings. The second-order valence-electron chi connectivity index (χ2n) is 8.66. The van der Waals surface area contributed by atoms with Gasteiger partial charge >= 0.3 is 5.97 Å². The molecule has 2 aliphatic heterocycles. The van der Waals surface area contributed by atoms with Crippen LogP contribution in [-0.2, 0) is 19.1 Å². The van der Waals surface area contributed by atoms with Gasteiger partial charge in [0.25, 0.3) is 0 Å². The Hall–Kier alpha value is -3.46. The van der Waals surface area contributed by atoms with Crippen molar-refractivity contribution in [3.05, 3.63) is 53.8 Å². The summed E-state index contributed by atoms with van der Waals surface area (Å²) >= 11 is 0. The third-order valence-electron chi connectivity index (χ3n) is 6.80. The van der Waals surface area contributed by atoms with E-state index in [0.29, 0.717) is 23.5 Å². The molecule has 2 aromatic carbocycles. The zero-order chi connectivity index (χ0) is 25.3. The maximum Gasteiger partial charge on any atom is 0.327 e. The van der Waals surface area contributed by atoms with E-state index in [2.05, 4.69) is 5.32 Å². The van der Waals surface area contributed by atoms with E-state index in [1.165, 1.54) is 38.5 Å². The van der Waals surface area contributed by atoms with Crippen LogP contribution in [0.15, 0.2) is 42.5 Å². The fraction of sp³-hybridized carbons (Fsp3) is 0.423. The number of amides is 2. The van der Waals surface area contributed by atoms with E-state index in [9.17, 15) is 18.8 Å². The second kappa shape index (κ2) is 9.65. The number of methoxy groups -OCH3 is 2. The van der Waals surface area contributed by atoms with E-state index in [4.69, 9.17) is 14.2 Å². The van der Waals surface area contributed by atoms with E-state index in [1.54, 1.807) is 25.1 Å². The summed E-state index contributed by atoms with van der Waals surface area (Å²) in [6, 6.07) is 9.63. The first-order valence-electron chi connectivity index (χ1n) is 11.6. The van der Waals surface area contributed by atoms with E-state index < -0.39 is 47.0 Å². The number of imide groups is 1. The van der Waals surface area contributed by atoms with Crippen molar-refractivity contribution in [1.82, 2.24) is 5.32 Å². The fourth-order valence-corrected chi connectivity index (χ4v) is 5.36. The highest BCUT2D eigenvalue weighted by Crippen LogP contribution is 2.53. The number of halogens is 1. The van der Waals surface area contributed by atoms with Crippen LogP contribution in [0.2, 0.25) is 0 Å². The summed E-state index contributed by atoms with van der Waals surface area (Å²) in [7, 11) is 3.03. The van der Waals surface area contributed by atoms with E-state index in [1.807, 2.05) is 6.92 Å². The summed E-state index contributed by atoms with van der Waals surface area (Å²) in [5.74, 6) is -2.93. The summed E-state index contributed by atoms with van der Waals surface area (Å²) in [6.45, 7) is 3.72. The summed E-state index contributed by atoms with van der Waals surface area (Å²) in [4.78, 5) is 42.1. The van der Waals surface area contributed by atoms with Crippen molar-refractivity contribution in [3.8, 4) is 11.5 Å². The van der Waals surface area contributed by atoms with Crippen LogP contribution in [0.4, 0.5) is 10.1 Å². The van der Waals surface area contributed by atoms with Crippen molar-refractivity contribution < 1.29 is 33.0 Å². The highest BCUT2D eigenvalue weighted by molar-refractivity contribution is 6.24. The number of carbonyl (C=O) groups excluding carboxylic acids is 3. The van der Waals surface area contributed by atoms with Crippen molar-refractivity contribution in [2.75, 3.05) is 25.7 Å². The molecule has 35 heavy (non-hydrogen) atoms. The van der Waals surface area contributed by atoms with Gasteiger partial charge in [0.15, 0.2) is 0 Å². The van der Waals surface area contributed by atoms with Gasteiger partial charge in [-0.3, -0.25) is 19.7 Å². The zero-order valence-electron chi connectivity index (χ0n) is 20.2. The van der Waals surface area contributed by atoms with Gasteiger partial charge in [-0.15, -0.1) is 0 Å². The molecule has 0 saturated carbocycles. The molecule has 2 heterocycles. The largest absolute Gasteiger partial charge is 0.497 e. The molecular formula is C26H29FN2O6. The Balaban J connectivity index is 1.88. The lowest BCUT2D eigenvalue weighted by Gasteiger charge is -2.32. The Morgan fingerprint density at radius 1 is 1.06 bits per heavy atom. The molecule has 4 atom stereocenters. The summed E-state index contributed by atoms with van der Waals surface area (Å²) in [5, 5.41) is 3.34. The topological polar surface area (TPSA) is 94.2 Å². The minimum absolute atomic E-state index is 0.129. The Morgan fingerprint density at radius 3 is 2.37 bits per heavy atom. The maximum absolute atomic E-state index is 13.8. The predicted octanol–water partition coefficient (Wildman–Crippen LogP) is 3.40. The van der Waals surface area contributed by atoms with Crippen LogP contribution in [0.25, 0.3) is 0 Å². The molecule has 2 amide bonds. The third kappa shape index (κ3) is 3.93. The molecule has 186 valence electrons. The number of hydrogen-bond acceptors (Lipinski definition) is 7. The van der Waals surface area contributed by atoms with Crippen LogP contribution >= 0.6 is 0 Å². The van der Waals surface area contributed by atoms with Crippen molar-refractivity contribution in [3.63, 3.8) is 0 Å². The molecule has 1 N–H and O–H groups in total. The quantitative estimate of drug-likeness (QED) is 0.453. The molecule has 0 bridgehead atoms. The molecule has 2 aliphatic rings. The number of hydrogen-bond donors (Lipinski definition) is 1. The molecule has 0 unspecified atom stereocenters. The second-order valence-corrected chi connectivity index (χ2v) is 8.66. The molecule has 8 nitrogen and oxygen atoms in total. The Kier molecular flexibility index (Phi) is 6.80. The average Bonchev–Trinajstić information content (AvgIpc) is 3.33. The minimum atomic E-state index is -1.41. The first-order valence-corrected chi connectivity index (χ1v) is 11.6. The number of nitrogens with one attached hydrogen (secondary N) is 1. The smallest absolute Gasteiger partial charge is 0.327 e. The Labute approximate surface area is 203 Å². The first kappa shape index (κ1) is 24.7.